The van der Waals surface area contributed by atoms with Crippen molar-refractivity contribution in [1.82, 2.24) is 15.2 Å². The zero-order valence-electron chi connectivity index (χ0n) is 15.1. The summed E-state index contributed by atoms with van der Waals surface area (Å²) in [5, 5.41) is 4.03. The van der Waals surface area contributed by atoms with Gasteiger partial charge in [0.25, 0.3) is 5.91 Å². The molecule has 2 aliphatic heterocycles. The molecule has 0 bridgehead atoms. The van der Waals surface area contributed by atoms with E-state index < -0.39 is 0 Å². The summed E-state index contributed by atoms with van der Waals surface area (Å²) in [6.45, 7) is 3.43. The molecule has 2 aliphatic rings. The van der Waals surface area contributed by atoms with Gasteiger partial charge in [-0.3, -0.25) is 9.69 Å². The van der Waals surface area contributed by atoms with Gasteiger partial charge in [0.2, 0.25) is 5.88 Å². The molecule has 2 fully saturated rings. The van der Waals surface area contributed by atoms with Gasteiger partial charge < -0.3 is 14.8 Å². The Bertz CT molecular complexity index is 789. The maximum Gasteiger partial charge on any atom is 0.252 e. The van der Waals surface area contributed by atoms with Crippen molar-refractivity contribution in [3.05, 3.63) is 35.9 Å². The number of piperidine rings is 1. The Kier molecular flexibility index (Phi) is 5.04. The van der Waals surface area contributed by atoms with Crippen LogP contribution < -0.4 is 10.1 Å². The van der Waals surface area contributed by atoms with Crippen LogP contribution in [-0.4, -0.2) is 61.3 Å². The molecule has 2 saturated heterocycles. The van der Waals surface area contributed by atoms with Crippen molar-refractivity contribution in [1.29, 1.82) is 0 Å². The summed E-state index contributed by atoms with van der Waals surface area (Å²) >= 11 is 0. The number of fused-ring (bicyclic) bond motifs is 1. The monoisotopic (exact) mass is 355 g/mol. The summed E-state index contributed by atoms with van der Waals surface area (Å²) in [5.41, 5.74) is 1.35. The van der Waals surface area contributed by atoms with Crippen molar-refractivity contribution in [2.24, 2.45) is 0 Å². The number of nitrogens with zero attached hydrogens (tertiary/aromatic N) is 2. The highest BCUT2D eigenvalue weighted by Crippen LogP contribution is 2.23. The fourth-order valence-corrected chi connectivity index (χ4v) is 3.98. The Balaban J connectivity index is 1.57. The SMILES string of the molecule is COc1cc(C(=O)N[C@H]2COC[C@@H]2N2CCCCC2)c2ccccc2n1. The quantitative estimate of drug-likeness (QED) is 0.911. The van der Waals surface area contributed by atoms with Gasteiger partial charge in [-0.05, 0) is 32.0 Å². The number of carbonyl (C=O) groups is 1. The molecule has 1 N–H and O–H groups in total. The Morgan fingerprint density at radius 2 is 2.04 bits per heavy atom. The molecule has 1 amide bonds. The molecular weight excluding hydrogens is 330 g/mol. The van der Waals surface area contributed by atoms with E-state index in [4.69, 9.17) is 9.47 Å². The maximum atomic E-state index is 13.0. The van der Waals surface area contributed by atoms with Gasteiger partial charge in [-0.2, -0.15) is 0 Å². The fourth-order valence-electron chi connectivity index (χ4n) is 3.98. The van der Waals surface area contributed by atoms with Crippen LogP contribution in [0, 0.1) is 0 Å². The number of para-hydroxylation sites is 1. The minimum atomic E-state index is -0.0978. The molecule has 2 atom stereocenters. The first-order valence-electron chi connectivity index (χ1n) is 9.32. The number of hydrogen-bond donors (Lipinski definition) is 1. The summed E-state index contributed by atoms with van der Waals surface area (Å²) in [5.74, 6) is 0.350. The van der Waals surface area contributed by atoms with Crippen LogP contribution in [0.25, 0.3) is 10.9 Å². The highest BCUT2D eigenvalue weighted by atomic mass is 16.5. The van der Waals surface area contributed by atoms with Crippen LogP contribution >= 0.6 is 0 Å². The third-order valence-corrected chi connectivity index (χ3v) is 5.37. The Morgan fingerprint density at radius 1 is 1.23 bits per heavy atom. The molecule has 138 valence electrons. The Labute approximate surface area is 153 Å². The summed E-state index contributed by atoms with van der Waals surface area (Å²) in [7, 11) is 1.57. The van der Waals surface area contributed by atoms with E-state index in [1.54, 1.807) is 13.2 Å². The average Bonchev–Trinajstić information content (AvgIpc) is 3.15. The van der Waals surface area contributed by atoms with Crippen LogP contribution in [0.1, 0.15) is 29.6 Å². The van der Waals surface area contributed by atoms with Crippen LogP contribution in [-0.2, 0) is 4.74 Å². The number of rotatable bonds is 4. The third-order valence-electron chi connectivity index (χ3n) is 5.37. The van der Waals surface area contributed by atoms with Crippen molar-refractivity contribution >= 4 is 16.8 Å². The highest BCUT2D eigenvalue weighted by Gasteiger charge is 2.35. The van der Waals surface area contributed by atoms with Gasteiger partial charge >= 0.3 is 0 Å². The van der Waals surface area contributed by atoms with E-state index in [1.165, 1.54) is 19.3 Å². The second-order valence-corrected chi connectivity index (χ2v) is 7.01. The molecule has 6 nitrogen and oxygen atoms in total. The molecule has 1 aromatic carbocycles. The molecule has 0 aliphatic carbocycles. The van der Waals surface area contributed by atoms with E-state index in [2.05, 4.69) is 15.2 Å². The summed E-state index contributed by atoms with van der Waals surface area (Å²) in [6.07, 6.45) is 3.75. The topological polar surface area (TPSA) is 63.7 Å². The summed E-state index contributed by atoms with van der Waals surface area (Å²) < 4.78 is 11.0. The Morgan fingerprint density at radius 3 is 2.85 bits per heavy atom. The van der Waals surface area contributed by atoms with Crippen molar-refractivity contribution in [2.45, 2.75) is 31.3 Å². The predicted octanol–water partition coefficient (Wildman–Crippen LogP) is 2.23. The number of benzene rings is 1. The van der Waals surface area contributed by atoms with E-state index in [0.29, 0.717) is 24.7 Å². The van der Waals surface area contributed by atoms with Crippen molar-refractivity contribution in [3.63, 3.8) is 0 Å². The largest absolute Gasteiger partial charge is 0.481 e. The molecule has 1 aromatic heterocycles. The standard InChI is InChI=1S/C20H25N3O3/c1-25-19-11-15(14-7-3-4-8-16(14)21-19)20(24)22-17-12-26-13-18(17)23-9-5-2-6-10-23/h3-4,7-8,11,17-18H,2,5-6,9-10,12-13H2,1H3,(H,22,24)/t17-,18-/m0/s1. The number of ether oxygens (including phenoxy) is 2. The lowest BCUT2D eigenvalue weighted by Gasteiger charge is -2.34. The lowest BCUT2D eigenvalue weighted by Crippen LogP contribution is -2.52. The number of pyridine rings is 1. The smallest absolute Gasteiger partial charge is 0.252 e. The number of nitrogens with one attached hydrogen (secondary N) is 1. The normalized spacial score (nSPS) is 23.9. The second-order valence-electron chi connectivity index (χ2n) is 7.01. The summed E-state index contributed by atoms with van der Waals surface area (Å²) in [6, 6.07) is 9.63. The number of amides is 1. The average molecular weight is 355 g/mol. The minimum Gasteiger partial charge on any atom is -0.481 e. The van der Waals surface area contributed by atoms with Crippen molar-refractivity contribution in [3.8, 4) is 5.88 Å². The number of hydrogen-bond acceptors (Lipinski definition) is 5. The Hall–Kier alpha value is -2.18. The molecular formula is C20H25N3O3. The van der Waals surface area contributed by atoms with Crippen LogP contribution in [0.2, 0.25) is 0 Å². The lowest BCUT2D eigenvalue weighted by molar-refractivity contribution is 0.0901. The van der Waals surface area contributed by atoms with Gasteiger partial charge in [0.15, 0.2) is 0 Å². The van der Waals surface area contributed by atoms with E-state index >= 15 is 0 Å². The number of carbonyl (C=O) groups excluding carboxylic acids is 1. The van der Waals surface area contributed by atoms with Crippen LogP contribution in [0.15, 0.2) is 30.3 Å². The molecule has 3 heterocycles. The molecule has 0 radical (unpaired) electrons. The molecule has 26 heavy (non-hydrogen) atoms. The molecule has 4 rings (SSSR count). The van der Waals surface area contributed by atoms with E-state index in [0.717, 1.165) is 24.0 Å². The van der Waals surface area contributed by atoms with Crippen molar-refractivity contribution in [2.75, 3.05) is 33.4 Å². The predicted molar refractivity (Wildman–Crippen MR) is 99.6 cm³/mol. The molecule has 0 saturated carbocycles. The summed E-state index contributed by atoms with van der Waals surface area (Å²) in [4.78, 5) is 19.9. The van der Waals surface area contributed by atoms with E-state index in [9.17, 15) is 4.79 Å². The van der Waals surface area contributed by atoms with Gasteiger partial charge in [0.1, 0.15) is 0 Å². The van der Waals surface area contributed by atoms with Crippen LogP contribution in [0.5, 0.6) is 5.88 Å². The van der Waals surface area contributed by atoms with E-state index in [1.807, 2.05) is 24.3 Å². The maximum absolute atomic E-state index is 13.0. The third kappa shape index (κ3) is 3.39. The minimum absolute atomic E-state index is 0.0125. The van der Waals surface area contributed by atoms with Crippen LogP contribution in [0.3, 0.4) is 0 Å². The lowest BCUT2D eigenvalue weighted by atomic mass is 10.0. The molecule has 6 heteroatoms. The van der Waals surface area contributed by atoms with Crippen LogP contribution in [0.4, 0.5) is 0 Å². The van der Waals surface area contributed by atoms with Gasteiger partial charge in [-0.1, -0.05) is 24.6 Å². The number of aromatic nitrogens is 1. The first-order chi connectivity index (χ1) is 12.8. The van der Waals surface area contributed by atoms with Gasteiger partial charge in [0.05, 0.1) is 43.5 Å². The zero-order valence-corrected chi connectivity index (χ0v) is 15.1. The van der Waals surface area contributed by atoms with Gasteiger partial charge in [-0.25, -0.2) is 4.98 Å². The van der Waals surface area contributed by atoms with Gasteiger partial charge in [0, 0.05) is 11.5 Å². The van der Waals surface area contributed by atoms with Crippen molar-refractivity contribution < 1.29 is 14.3 Å². The molecule has 0 unspecified atom stereocenters. The fraction of sp³-hybridized carbons (Fsp3) is 0.500. The second kappa shape index (κ2) is 7.60. The molecule has 2 aromatic rings. The highest BCUT2D eigenvalue weighted by molar-refractivity contribution is 6.06. The molecule has 0 spiro atoms. The first-order valence-corrected chi connectivity index (χ1v) is 9.32. The zero-order chi connectivity index (χ0) is 17.9. The number of methoxy groups -OCH3 is 1. The first kappa shape index (κ1) is 17.2. The van der Waals surface area contributed by atoms with E-state index in [-0.39, 0.29) is 18.0 Å². The number of likely N-dealkylation sites (tertiary alicyclic amines) is 1. The van der Waals surface area contributed by atoms with Gasteiger partial charge in [-0.15, -0.1) is 0 Å².